The molecule has 0 radical (unpaired) electrons. The number of hydrogen-bond donors (Lipinski definition) is 1. The molecule has 4 aliphatic rings. The van der Waals surface area contributed by atoms with E-state index in [4.69, 9.17) is 10.00 Å². The van der Waals surface area contributed by atoms with Crippen molar-refractivity contribution in [2.45, 2.75) is 62.9 Å². The molecule has 5 nitrogen and oxygen atoms in total. The molecule has 6 heteroatoms. The van der Waals surface area contributed by atoms with Gasteiger partial charge < -0.3 is 15.0 Å². The van der Waals surface area contributed by atoms with Crippen LogP contribution in [0.15, 0.2) is 0 Å². The number of rotatable bonds is 4. The van der Waals surface area contributed by atoms with E-state index in [1.165, 1.54) is 17.7 Å². The Morgan fingerprint density at radius 2 is 2.17 bits per heavy atom. The number of ether oxygens (including phenoxy) is 1. The average molecular weight is 335 g/mol. The number of nitrogens with zero attached hydrogens (tertiary/aromatic N) is 2. The van der Waals surface area contributed by atoms with Gasteiger partial charge in [0.15, 0.2) is 0 Å². The zero-order chi connectivity index (χ0) is 16.9. The van der Waals surface area contributed by atoms with Gasteiger partial charge in [0, 0.05) is 19.6 Å². The van der Waals surface area contributed by atoms with Gasteiger partial charge in [0.05, 0.1) is 25.3 Å². The Bertz CT molecular complexity index is 559. The fraction of sp³-hybridized carbons (Fsp3) is 0.889. The largest absolute Gasteiger partial charge is 0.381 e. The van der Waals surface area contributed by atoms with E-state index >= 15 is 0 Å². The molecular weight excluding hydrogens is 309 g/mol. The van der Waals surface area contributed by atoms with E-state index in [-0.39, 0.29) is 25.4 Å². The van der Waals surface area contributed by atoms with Crippen LogP contribution < -0.4 is 5.32 Å². The summed E-state index contributed by atoms with van der Waals surface area (Å²) in [6.07, 6.45) is 5.39. The van der Waals surface area contributed by atoms with Crippen molar-refractivity contribution in [1.29, 1.82) is 5.26 Å². The summed E-state index contributed by atoms with van der Waals surface area (Å²) < 4.78 is 19.1. The summed E-state index contributed by atoms with van der Waals surface area (Å²) in [5, 5.41) is 12.6. The molecule has 0 unspecified atom stereocenters. The van der Waals surface area contributed by atoms with Crippen LogP contribution in [0.5, 0.6) is 0 Å². The molecule has 24 heavy (non-hydrogen) atoms. The molecule has 1 spiro atoms. The summed E-state index contributed by atoms with van der Waals surface area (Å²) in [5.41, 5.74) is 0.362. The van der Waals surface area contributed by atoms with Crippen LogP contribution >= 0.6 is 0 Å². The quantitative estimate of drug-likeness (QED) is 0.848. The van der Waals surface area contributed by atoms with Crippen LogP contribution in [-0.2, 0) is 9.53 Å². The van der Waals surface area contributed by atoms with Gasteiger partial charge in [-0.15, -0.1) is 0 Å². The molecule has 4 fully saturated rings. The third-order valence-electron chi connectivity index (χ3n) is 7.00. The van der Waals surface area contributed by atoms with Gasteiger partial charge in [-0.1, -0.05) is 0 Å². The van der Waals surface area contributed by atoms with Gasteiger partial charge >= 0.3 is 0 Å². The summed E-state index contributed by atoms with van der Waals surface area (Å²) >= 11 is 0. The van der Waals surface area contributed by atoms with Crippen LogP contribution in [-0.4, -0.2) is 55.4 Å². The van der Waals surface area contributed by atoms with E-state index in [9.17, 15) is 9.18 Å². The van der Waals surface area contributed by atoms with Gasteiger partial charge in [0.25, 0.3) is 0 Å². The molecule has 4 rings (SSSR count). The van der Waals surface area contributed by atoms with Crippen molar-refractivity contribution in [2.24, 2.45) is 17.3 Å². The Kier molecular flexibility index (Phi) is 4.04. The predicted octanol–water partition coefficient (Wildman–Crippen LogP) is 1.63. The number of nitriles is 1. The minimum atomic E-state index is -1.06. The maximum absolute atomic E-state index is 13.5. The maximum atomic E-state index is 13.5. The fourth-order valence-corrected chi connectivity index (χ4v) is 5.67. The molecule has 0 bridgehead atoms. The number of hydrogen-bond acceptors (Lipinski definition) is 4. The van der Waals surface area contributed by atoms with E-state index in [0.717, 1.165) is 25.2 Å². The third kappa shape index (κ3) is 2.53. The normalized spacial score (nSPS) is 42.3. The number of carbonyl (C=O) groups is 1. The second-order valence-corrected chi connectivity index (χ2v) is 8.12. The van der Waals surface area contributed by atoms with Gasteiger partial charge in [0.1, 0.15) is 12.2 Å². The lowest BCUT2D eigenvalue weighted by Crippen LogP contribution is -2.45. The highest BCUT2D eigenvalue weighted by Crippen LogP contribution is 2.67. The molecule has 1 heterocycles. The topological polar surface area (TPSA) is 65.4 Å². The Hall–Kier alpha value is -1.19. The van der Waals surface area contributed by atoms with Gasteiger partial charge in [-0.3, -0.25) is 4.79 Å². The lowest BCUT2D eigenvalue weighted by Gasteiger charge is -2.27. The van der Waals surface area contributed by atoms with Crippen molar-refractivity contribution in [3.8, 4) is 6.07 Å². The number of likely N-dealkylation sites (tertiary alicyclic amines) is 1. The predicted molar refractivity (Wildman–Crippen MR) is 85.7 cm³/mol. The summed E-state index contributed by atoms with van der Waals surface area (Å²) in [5.74, 6) is 1.30. The zero-order valence-electron chi connectivity index (χ0n) is 14.2. The number of nitrogens with one attached hydrogen (secondary N) is 1. The number of halogens is 1. The number of carbonyl (C=O) groups excluding carboxylic acids is 1. The van der Waals surface area contributed by atoms with Crippen LogP contribution in [0, 0.1) is 28.6 Å². The van der Waals surface area contributed by atoms with Crippen LogP contribution in [0.2, 0.25) is 0 Å². The third-order valence-corrected chi connectivity index (χ3v) is 7.00. The van der Waals surface area contributed by atoms with Gasteiger partial charge in [-0.2, -0.15) is 5.26 Å². The van der Waals surface area contributed by atoms with E-state index < -0.39 is 12.2 Å². The highest BCUT2D eigenvalue weighted by Gasteiger charge is 2.63. The zero-order valence-corrected chi connectivity index (χ0v) is 14.2. The maximum Gasteiger partial charge on any atom is 0.237 e. The van der Waals surface area contributed by atoms with Crippen molar-refractivity contribution in [1.82, 2.24) is 10.2 Å². The highest BCUT2D eigenvalue weighted by atomic mass is 19.1. The van der Waals surface area contributed by atoms with Gasteiger partial charge in [-0.25, -0.2) is 4.39 Å². The molecule has 0 aromatic heterocycles. The number of fused-ring (bicyclic) bond motifs is 2. The minimum absolute atomic E-state index is 0.0648. The average Bonchev–Trinajstić information content (AvgIpc) is 3.00. The van der Waals surface area contributed by atoms with Crippen LogP contribution in [0.25, 0.3) is 0 Å². The number of alkyl halides is 1. The lowest BCUT2D eigenvalue weighted by atomic mass is 9.87. The van der Waals surface area contributed by atoms with Crippen molar-refractivity contribution in [3.05, 3.63) is 0 Å². The van der Waals surface area contributed by atoms with E-state index in [1.54, 1.807) is 7.11 Å². The first-order chi connectivity index (χ1) is 11.6. The fourth-order valence-electron chi connectivity index (χ4n) is 5.67. The summed E-state index contributed by atoms with van der Waals surface area (Å²) in [6, 6.07) is 1.83. The van der Waals surface area contributed by atoms with Crippen molar-refractivity contribution >= 4 is 5.91 Å². The molecule has 0 aromatic carbocycles. The van der Waals surface area contributed by atoms with Gasteiger partial charge in [-0.05, 0) is 49.4 Å². The molecule has 6 atom stereocenters. The monoisotopic (exact) mass is 335 g/mol. The summed E-state index contributed by atoms with van der Waals surface area (Å²) in [7, 11) is 1.81. The smallest absolute Gasteiger partial charge is 0.237 e. The molecule has 1 saturated heterocycles. The van der Waals surface area contributed by atoms with Crippen LogP contribution in [0.4, 0.5) is 4.39 Å². The first kappa shape index (κ1) is 16.3. The molecular formula is C18H26FN3O2. The standard InChI is InChI=1S/C18H26FN3O2/c1-24-14-4-11-5-16(18(2-3-18)15(11)7-14)21-9-17(23)22-10-12(19)6-13(22)8-20/h11-16,21H,2-7,9-10H2,1H3/t11-,12+,13+,14+,15-,16-/m1/s1. The Morgan fingerprint density at radius 3 is 2.83 bits per heavy atom. The molecule has 1 amide bonds. The SMILES string of the molecule is CO[C@H]1C[C@@H]2C[C@@H](NCC(=O)N3C[C@@H](F)C[C@H]3C#N)C3(CC3)[C@@H]2C1. The van der Waals surface area contributed by atoms with Gasteiger partial charge in [0.2, 0.25) is 5.91 Å². The number of methoxy groups -OCH3 is 1. The second-order valence-electron chi connectivity index (χ2n) is 8.12. The molecule has 3 aliphatic carbocycles. The van der Waals surface area contributed by atoms with Crippen LogP contribution in [0.1, 0.15) is 38.5 Å². The van der Waals surface area contributed by atoms with Crippen LogP contribution in [0.3, 0.4) is 0 Å². The lowest BCUT2D eigenvalue weighted by molar-refractivity contribution is -0.130. The van der Waals surface area contributed by atoms with Crippen molar-refractivity contribution < 1.29 is 13.9 Å². The highest BCUT2D eigenvalue weighted by molar-refractivity contribution is 5.79. The summed E-state index contributed by atoms with van der Waals surface area (Å²) in [4.78, 5) is 13.8. The minimum Gasteiger partial charge on any atom is -0.381 e. The second kappa shape index (κ2) is 5.96. The van der Waals surface area contributed by atoms with E-state index in [2.05, 4.69) is 5.32 Å². The van der Waals surface area contributed by atoms with E-state index in [1.807, 2.05) is 6.07 Å². The first-order valence-corrected chi connectivity index (χ1v) is 9.16. The molecule has 1 N–H and O–H groups in total. The van der Waals surface area contributed by atoms with Crippen molar-refractivity contribution in [2.75, 3.05) is 20.2 Å². The Balaban J connectivity index is 1.34. The molecule has 0 aromatic rings. The van der Waals surface area contributed by atoms with Crippen molar-refractivity contribution in [3.63, 3.8) is 0 Å². The molecule has 1 aliphatic heterocycles. The molecule has 3 saturated carbocycles. The summed E-state index contributed by atoms with van der Waals surface area (Å²) in [6.45, 7) is 0.291. The Morgan fingerprint density at radius 1 is 1.38 bits per heavy atom. The molecule has 132 valence electrons. The Labute approximate surface area is 142 Å². The van der Waals surface area contributed by atoms with E-state index in [0.29, 0.717) is 23.5 Å². The first-order valence-electron chi connectivity index (χ1n) is 9.16. The number of amides is 1.